The average molecular weight is 291 g/mol. The Morgan fingerprint density at radius 2 is 2.29 bits per heavy atom. The van der Waals surface area contributed by atoms with E-state index in [1.54, 1.807) is 6.20 Å². The Labute approximate surface area is 126 Å². The molecule has 0 radical (unpaired) electrons. The first kappa shape index (κ1) is 15.8. The van der Waals surface area contributed by atoms with Crippen molar-refractivity contribution in [3.05, 3.63) is 23.5 Å². The van der Waals surface area contributed by atoms with Gasteiger partial charge in [0.2, 0.25) is 0 Å². The molecule has 5 nitrogen and oxygen atoms in total. The van der Waals surface area contributed by atoms with Crippen LogP contribution < -0.4 is 5.32 Å². The van der Waals surface area contributed by atoms with Gasteiger partial charge in [-0.05, 0) is 32.8 Å². The Bertz CT molecular complexity index is 490. The number of carbonyl (C=O) groups is 1. The number of rotatable bonds is 4. The Morgan fingerprint density at radius 1 is 1.48 bits per heavy atom. The highest BCUT2D eigenvalue weighted by Crippen LogP contribution is 2.23. The molecule has 1 aromatic heterocycles. The third-order valence-corrected chi connectivity index (χ3v) is 3.99. The average Bonchev–Trinajstić information content (AvgIpc) is 2.72. The minimum atomic E-state index is -0.0734. The Balaban J connectivity index is 2.28. The normalized spacial score (nSPS) is 19.2. The van der Waals surface area contributed by atoms with E-state index in [0.29, 0.717) is 12.1 Å². The van der Waals surface area contributed by atoms with Crippen LogP contribution in [0.1, 0.15) is 48.7 Å². The molecule has 1 aliphatic rings. The number of nitrogens with zero attached hydrogens (tertiary/aromatic N) is 2. The van der Waals surface area contributed by atoms with Crippen molar-refractivity contribution < 1.29 is 9.90 Å². The van der Waals surface area contributed by atoms with Gasteiger partial charge < -0.3 is 15.3 Å². The first-order chi connectivity index (χ1) is 10.2. The molecule has 2 heterocycles. The maximum absolute atomic E-state index is 12.9. The van der Waals surface area contributed by atoms with Crippen molar-refractivity contribution in [2.45, 2.75) is 45.6 Å². The van der Waals surface area contributed by atoms with Crippen LogP contribution >= 0.6 is 0 Å². The van der Waals surface area contributed by atoms with Crippen LogP contribution in [0, 0.1) is 6.92 Å². The molecular formula is C16H25N3O2. The van der Waals surface area contributed by atoms with Gasteiger partial charge in [0.1, 0.15) is 0 Å². The molecule has 116 valence electrons. The molecule has 1 aromatic rings. The lowest BCUT2D eigenvalue weighted by Gasteiger charge is -2.29. The van der Waals surface area contributed by atoms with Crippen LogP contribution in [0.25, 0.3) is 0 Å². The lowest BCUT2D eigenvalue weighted by molar-refractivity contribution is 0.0600. The number of hydrogen-bond donors (Lipinski definition) is 2. The van der Waals surface area contributed by atoms with Crippen molar-refractivity contribution in [1.82, 2.24) is 9.88 Å². The number of aliphatic hydroxyl groups excluding tert-OH is 1. The molecule has 0 spiro atoms. The van der Waals surface area contributed by atoms with E-state index < -0.39 is 0 Å². The fourth-order valence-corrected chi connectivity index (χ4v) is 2.86. The van der Waals surface area contributed by atoms with Crippen molar-refractivity contribution in [3.63, 3.8) is 0 Å². The maximum atomic E-state index is 12.9. The molecule has 0 aliphatic carbocycles. The first-order valence-corrected chi connectivity index (χ1v) is 7.79. The molecule has 1 fully saturated rings. The van der Waals surface area contributed by atoms with E-state index in [-0.39, 0.29) is 18.6 Å². The molecule has 0 saturated carbocycles. The van der Waals surface area contributed by atoms with Gasteiger partial charge >= 0.3 is 0 Å². The van der Waals surface area contributed by atoms with E-state index in [0.717, 1.165) is 43.6 Å². The molecule has 5 heteroatoms. The molecule has 2 N–H and O–H groups in total. The maximum Gasteiger partial charge on any atom is 0.257 e. The number of amides is 1. The predicted molar refractivity (Wildman–Crippen MR) is 83.5 cm³/mol. The summed E-state index contributed by atoms with van der Waals surface area (Å²) in [6, 6.07) is 1.83. The van der Waals surface area contributed by atoms with Crippen molar-refractivity contribution >= 4 is 11.6 Å². The number of aryl methyl sites for hydroxylation is 1. The van der Waals surface area contributed by atoms with E-state index in [2.05, 4.69) is 10.3 Å². The highest BCUT2D eigenvalue weighted by atomic mass is 16.3. The third kappa shape index (κ3) is 3.73. The Morgan fingerprint density at radius 3 is 3.00 bits per heavy atom. The van der Waals surface area contributed by atoms with E-state index in [4.69, 9.17) is 0 Å². The predicted octanol–water partition coefficient (Wildman–Crippen LogP) is 2.20. The standard InChI is InChI=1S/C16H25N3O2/c1-3-17-15-9-12(2)18-10-14(15)16(21)19-8-6-4-5-7-13(19)11-20/h9-10,13,20H,3-8,11H2,1-2H3,(H,17,18). The van der Waals surface area contributed by atoms with Crippen LogP contribution in [-0.4, -0.2) is 46.6 Å². The second-order valence-corrected chi connectivity index (χ2v) is 5.59. The number of pyridine rings is 1. The quantitative estimate of drug-likeness (QED) is 0.892. The smallest absolute Gasteiger partial charge is 0.257 e. The number of hydrogen-bond acceptors (Lipinski definition) is 4. The van der Waals surface area contributed by atoms with E-state index in [1.165, 1.54) is 0 Å². The second-order valence-electron chi connectivity index (χ2n) is 5.59. The van der Waals surface area contributed by atoms with Gasteiger partial charge in [-0.1, -0.05) is 12.8 Å². The van der Waals surface area contributed by atoms with Gasteiger partial charge in [0, 0.05) is 25.0 Å². The van der Waals surface area contributed by atoms with Gasteiger partial charge in [-0.2, -0.15) is 0 Å². The van der Waals surface area contributed by atoms with Gasteiger partial charge in [0.15, 0.2) is 0 Å². The van der Waals surface area contributed by atoms with Gasteiger partial charge in [-0.25, -0.2) is 0 Å². The van der Waals surface area contributed by atoms with Crippen molar-refractivity contribution in [2.75, 3.05) is 25.0 Å². The molecule has 0 bridgehead atoms. The summed E-state index contributed by atoms with van der Waals surface area (Å²) >= 11 is 0. The summed E-state index contributed by atoms with van der Waals surface area (Å²) in [5, 5.41) is 12.8. The molecule has 2 rings (SSSR count). The summed E-state index contributed by atoms with van der Waals surface area (Å²) in [6.45, 7) is 5.42. The van der Waals surface area contributed by atoms with Crippen LogP contribution in [0.15, 0.2) is 12.3 Å². The van der Waals surface area contributed by atoms with Gasteiger partial charge in [0.25, 0.3) is 5.91 Å². The molecule has 1 saturated heterocycles. The minimum absolute atomic E-state index is 0.0283. The fourth-order valence-electron chi connectivity index (χ4n) is 2.86. The molecule has 1 aliphatic heterocycles. The highest BCUT2D eigenvalue weighted by Gasteiger charge is 2.27. The zero-order valence-corrected chi connectivity index (χ0v) is 12.9. The van der Waals surface area contributed by atoms with Crippen LogP contribution in [0.2, 0.25) is 0 Å². The summed E-state index contributed by atoms with van der Waals surface area (Å²) < 4.78 is 0. The summed E-state index contributed by atoms with van der Waals surface area (Å²) in [4.78, 5) is 18.9. The van der Waals surface area contributed by atoms with Crippen molar-refractivity contribution in [3.8, 4) is 0 Å². The highest BCUT2D eigenvalue weighted by molar-refractivity contribution is 5.99. The molecule has 1 atom stereocenters. The monoisotopic (exact) mass is 291 g/mol. The van der Waals surface area contributed by atoms with Crippen molar-refractivity contribution in [2.24, 2.45) is 0 Å². The largest absolute Gasteiger partial charge is 0.394 e. The number of aliphatic hydroxyl groups is 1. The van der Waals surface area contributed by atoms with Crippen molar-refractivity contribution in [1.29, 1.82) is 0 Å². The summed E-state index contributed by atoms with van der Waals surface area (Å²) in [5.41, 5.74) is 2.32. The Hall–Kier alpha value is -1.62. The molecule has 1 unspecified atom stereocenters. The fraction of sp³-hybridized carbons (Fsp3) is 0.625. The zero-order chi connectivity index (χ0) is 15.2. The second kappa shape index (κ2) is 7.41. The number of nitrogens with one attached hydrogen (secondary N) is 1. The van der Waals surface area contributed by atoms with Gasteiger partial charge in [-0.3, -0.25) is 9.78 Å². The first-order valence-electron chi connectivity index (χ1n) is 7.79. The van der Waals surface area contributed by atoms with E-state index in [9.17, 15) is 9.90 Å². The van der Waals surface area contributed by atoms with Crippen LogP contribution in [0.3, 0.4) is 0 Å². The molecule has 1 amide bonds. The van der Waals surface area contributed by atoms with Crippen LogP contribution in [0.5, 0.6) is 0 Å². The number of aromatic nitrogens is 1. The van der Waals surface area contributed by atoms with Crippen LogP contribution in [-0.2, 0) is 0 Å². The lowest BCUT2D eigenvalue weighted by Crippen LogP contribution is -2.42. The van der Waals surface area contributed by atoms with E-state index in [1.807, 2.05) is 24.8 Å². The topological polar surface area (TPSA) is 65.5 Å². The summed E-state index contributed by atoms with van der Waals surface area (Å²) in [7, 11) is 0. The minimum Gasteiger partial charge on any atom is -0.394 e. The number of carbonyl (C=O) groups excluding carboxylic acids is 1. The Kier molecular flexibility index (Phi) is 5.56. The molecule has 0 aromatic carbocycles. The van der Waals surface area contributed by atoms with Gasteiger partial charge in [-0.15, -0.1) is 0 Å². The number of likely N-dealkylation sites (tertiary alicyclic amines) is 1. The SMILES string of the molecule is CCNc1cc(C)ncc1C(=O)N1CCCCCC1CO. The summed E-state index contributed by atoms with van der Waals surface area (Å²) in [5.74, 6) is -0.0283. The lowest BCUT2D eigenvalue weighted by atomic mass is 10.1. The third-order valence-electron chi connectivity index (χ3n) is 3.99. The summed E-state index contributed by atoms with van der Waals surface area (Å²) in [6.07, 6.45) is 5.71. The van der Waals surface area contributed by atoms with Crippen LogP contribution in [0.4, 0.5) is 5.69 Å². The zero-order valence-electron chi connectivity index (χ0n) is 12.9. The molecular weight excluding hydrogens is 266 g/mol. The van der Waals surface area contributed by atoms with Gasteiger partial charge in [0.05, 0.1) is 23.9 Å². The van der Waals surface area contributed by atoms with E-state index >= 15 is 0 Å². The number of anilines is 1. The molecule has 21 heavy (non-hydrogen) atoms.